The molecule has 2 N–H and O–H groups in total. The molecule has 0 aliphatic rings. The summed E-state index contributed by atoms with van der Waals surface area (Å²) >= 11 is 0. The van der Waals surface area contributed by atoms with E-state index in [4.69, 9.17) is 9.47 Å². The first-order valence-corrected chi connectivity index (χ1v) is 14.7. The van der Waals surface area contributed by atoms with E-state index >= 15 is 0 Å². The lowest BCUT2D eigenvalue weighted by Gasteiger charge is -2.32. The van der Waals surface area contributed by atoms with E-state index in [0.717, 1.165) is 46.4 Å². The van der Waals surface area contributed by atoms with E-state index in [1.54, 1.807) is 18.7 Å². The van der Waals surface area contributed by atoms with Gasteiger partial charge < -0.3 is 19.7 Å². The number of esters is 1. The van der Waals surface area contributed by atoms with Gasteiger partial charge in [-0.2, -0.15) is 5.21 Å². The first-order chi connectivity index (χ1) is 20.9. The Kier molecular flexibility index (Phi) is 10.9. The van der Waals surface area contributed by atoms with Crippen LogP contribution in [0.5, 0.6) is 5.75 Å². The number of carbonyl (C=O) groups excluding carboxylic acids is 2. The molecule has 0 saturated carbocycles. The van der Waals surface area contributed by atoms with Crippen molar-refractivity contribution in [2.24, 2.45) is 0 Å². The van der Waals surface area contributed by atoms with Gasteiger partial charge in [0.1, 0.15) is 11.3 Å². The van der Waals surface area contributed by atoms with Gasteiger partial charge in [0.2, 0.25) is 5.82 Å². The second-order valence-corrected chi connectivity index (χ2v) is 10.5. The van der Waals surface area contributed by atoms with Crippen LogP contribution in [-0.2, 0) is 22.5 Å². The van der Waals surface area contributed by atoms with Crippen molar-refractivity contribution in [3.63, 3.8) is 0 Å². The summed E-state index contributed by atoms with van der Waals surface area (Å²) < 4.78 is 10.9. The number of nitrogens with one attached hydrogen (secondary N) is 2. The fourth-order valence-electron chi connectivity index (χ4n) is 4.87. The molecule has 0 aliphatic heterocycles. The molecular weight excluding hydrogens is 544 g/mol. The van der Waals surface area contributed by atoms with Crippen molar-refractivity contribution in [3.05, 3.63) is 83.9 Å². The Morgan fingerprint density at radius 2 is 1.60 bits per heavy atom. The maximum absolute atomic E-state index is 13.7. The lowest BCUT2D eigenvalue weighted by molar-refractivity contribution is -0.150. The Labute approximate surface area is 252 Å². The minimum atomic E-state index is -1.26. The Bertz CT molecular complexity index is 1460. The Morgan fingerprint density at radius 3 is 2.23 bits per heavy atom. The van der Waals surface area contributed by atoms with Crippen LogP contribution in [-0.4, -0.2) is 62.8 Å². The summed E-state index contributed by atoms with van der Waals surface area (Å²) in [6, 6.07) is 23.2. The third-order valence-electron chi connectivity index (χ3n) is 7.12. The molecule has 0 bridgehead atoms. The van der Waals surface area contributed by atoms with E-state index in [1.807, 2.05) is 79.7 Å². The van der Waals surface area contributed by atoms with Crippen LogP contribution in [0.2, 0.25) is 0 Å². The summed E-state index contributed by atoms with van der Waals surface area (Å²) in [6.45, 7) is 9.21. The number of tetrazole rings is 1. The van der Waals surface area contributed by atoms with Crippen LogP contribution in [0.4, 0.5) is 4.79 Å². The second-order valence-electron chi connectivity index (χ2n) is 10.5. The van der Waals surface area contributed by atoms with Gasteiger partial charge in [-0.05, 0) is 66.8 Å². The van der Waals surface area contributed by atoms with Gasteiger partial charge in [-0.3, -0.25) is 0 Å². The van der Waals surface area contributed by atoms with Gasteiger partial charge in [0.15, 0.2) is 0 Å². The summed E-state index contributed by atoms with van der Waals surface area (Å²) in [4.78, 5) is 28.6. The van der Waals surface area contributed by atoms with Crippen LogP contribution in [0.1, 0.15) is 51.7 Å². The van der Waals surface area contributed by atoms with E-state index in [1.165, 1.54) is 0 Å². The van der Waals surface area contributed by atoms with Crippen LogP contribution in [0.25, 0.3) is 22.5 Å². The van der Waals surface area contributed by atoms with E-state index in [-0.39, 0.29) is 19.1 Å². The molecule has 4 rings (SSSR count). The number of aromatic amines is 1. The van der Waals surface area contributed by atoms with Crippen molar-refractivity contribution in [1.29, 1.82) is 0 Å². The van der Waals surface area contributed by atoms with Gasteiger partial charge in [0.25, 0.3) is 0 Å². The summed E-state index contributed by atoms with van der Waals surface area (Å²) in [5, 5.41) is 17.5. The van der Waals surface area contributed by atoms with E-state index in [2.05, 4.69) is 32.9 Å². The number of aromatic nitrogens is 4. The normalized spacial score (nSPS) is 12.3. The van der Waals surface area contributed by atoms with E-state index < -0.39 is 11.5 Å². The number of unbranched alkanes of at least 4 members (excludes halogenated alkanes) is 1. The number of amides is 2. The first kappa shape index (κ1) is 31.2. The predicted molar refractivity (Wildman–Crippen MR) is 165 cm³/mol. The SMILES string of the molecule is CCCCN(Cc1ccc(-c2ccccc2-c2nn[nH]n2)cc1)C(=O)N[C@@](C)(Cc1ccc(OCC)cc1)C(=O)OCC. The maximum Gasteiger partial charge on any atom is 0.331 e. The van der Waals surface area contributed by atoms with Crippen LogP contribution in [0.3, 0.4) is 0 Å². The van der Waals surface area contributed by atoms with Gasteiger partial charge in [-0.25, -0.2) is 9.59 Å². The fourth-order valence-corrected chi connectivity index (χ4v) is 4.87. The minimum Gasteiger partial charge on any atom is -0.494 e. The van der Waals surface area contributed by atoms with Gasteiger partial charge in [0.05, 0.1) is 13.2 Å². The second kappa shape index (κ2) is 14.9. The predicted octanol–water partition coefficient (Wildman–Crippen LogP) is 5.81. The molecule has 1 heterocycles. The number of nitrogens with zero attached hydrogens (tertiary/aromatic N) is 4. The van der Waals surface area contributed by atoms with Crippen LogP contribution in [0, 0.1) is 0 Å². The average Bonchev–Trinajstić information content (AvgIpc) is 3.56. The zero-order valence-corrected chi connectivity index (χ0v) is 25.3. The highest BCUT2D eigenvalue weighted by Crippen LogP contribution is 2.30. The Balaban J connectivity index is 1.52. The highest BCUT2D eigenvalue weighted by atomic mass is 16.5. The van der Waals surface area contributed by atoms with Gasteiger partial charge in [0, 0.05) is 25.1 Å². The molecule has 0 spiro atoms. The highest BCUT2D eigenvalue weighted by molar-refractivity contribution is 5.87. The summed E-state index contributed by atoms with van der Waals surface area (Å²) in [6.07, 6.45) is 2.04. The molecule has 0 unspecified atom stereocenters. The molecule has 43 heavy (non-hydrogen) atoms. The fraction of sp³-hybridized carbons (Fsp3) is 0.364. The third-order valence-corrected chi connectivity index (χ3v) is 7.12. The van der Waals surface area contributed by atoms with Crippen molar-refractivity contribution in [2.75, 3.05) is 19.8 Å². The quantitative estimate of drug-likeness (QED) is 0.179. The van der Waals surface area contributed by atoms with Crippen LogP contribution < -0.4 is 10.1 Å². The zero-order chi connectivity index (χ0) is 30.7. The molecular formula is C33H40N6O4. The molecule has 1 atom stereocenters. The molecule has 0 radical (unpaired) electrons. The van der Waals surface area contributed by atoms with Crippen molar-refractivity contribution in [1.82, 2.24) is 30.8 Å². The van der Waals surface area contributed by atoms with Crippen LogP contribution >= 0.6 is 0 Å². The molecule has 2 amide bonds. The van der Waals surface area contributed by atoms with Crippen LogP contribution in [0.15, 0.2) is 72.8 Å². The molecule has 0 saturated heterocycles. The molecule has 0 fully saturated rings. The molecule has 4 aromatic rings. The molecule has 3 aromatic carbocycles. The minimum absolute atomic E-state index is 0.218. The number of H-pyrrole nitrogens is 1. The summed E-state index contributed by atoms with van der Waals surface area (Å²) in [5.74, 6) is 0.803. The number of rotatable bonds is 14. The monoisotopic (exact) mass is 584 g/mol. The average molecular weight is 585 g/mol. The molecule has 10 heteroatoms. The first-order valence-electron chi connectivity index (χ1n) is 14.7. The highest BCUT2D eigenvalue weighted by Gasteiger charge is 2.38. The van der Waals surface area contributed by atoms with Gasteiger partial charge >= 0.3 is 12.0 Å². The number of urea groups is 1. The van der Waals surface area contributed by atoms with Crippen molar-refractivity contribution < 1.29 is 19.1 Å². The van der Waals surface area contributed by atoms with E-state index in [0.29, 0.717) is 25.5 Å². The third kappa shape index (κ3) is 8.18. The summed E-state index contributed by atoms with van der Waals surface area (Å²) in [7, 11) is 0. The molecule has 0 aliphatic carbocycles. The van der Waals surface area contributed by atoms with Gasteiger partial charge in [-0.1, -0.05) is 74.0 Å². The van der Waals surface area contributed by atoms with Crippen molar-refractivity contribution >= 4 is 12.0 Å². The smallest absolute Gasteiger partial charge is 0.331 e. The zero-order valence-electron chi connectivity index (χ0n) is 25.3. The van der Waals surface area contributed by atoms with E-state index in [9.17, 15) is 9.59 Å². The number of ether oxygens (including phenoxy) is 2. The lowest BCUT2D eigenvalue weighted by atomic mass is 9.92. The van der Waals surface area contributed by atoms with Gasteiger partial charge in [-0.15, -0.1) is 10.2 Å². The standard InChI is InChI=1S/C33H40N6O4/c1-5-8-21-39(23-25-13-17-26(18-14-25)28-11-9-10-12-29(28)30-35-37-38-36-30)32(41)34-33(4,31(40)43-7-3)22-24-15-19-27(20-16-24)42-6-2/h9-20H,5-8,21-23H2,1-4H3,(H,34,41)(H,35,36,37,38)/t33-/m0/s1. The molecule has 10 nitrogen and oxygen atoms in total. The lowest BCUT2D eigenvalue weighted by Crippen LogP contribution is -2.58. The number of hydrogen-bond acceptors (Lipinski definition) is 7. The molecule has 226 valence electrons. The largest absolute Gasteiger partial charge is 0.494 e. The number of hydrogen-bond donors (Lipinski definition) is 2. The summed E-state index contributed by atoms with van der Waals surface area (Å²) in [5.41, 5.74) is 3.45. The topological polar surface area (TPSA) is 122 Å². The van der Waals surface area contributed by atoms with Crippen molar-refractivity contribution in [2.45, 2.75) is 59.0 Å². The Morgan fingerprint density at radius 1 is 0.907 bits per heavy atom. The number of carbonyl (C=O) groups is 2. The maximum atomic E-state index is 13.7. The molecule has 1 aromatic heterocycles. The Hall–Kier alpha value is -4.73. The number of benzene rings is 3. The van der Waals surface area contributed by atoms with Crippen molar-refractivity contribution in [3.8, 4) is 28.3 Å².